The molecule has 10 heteroatoms. The van der Waals surface area contributed by atoms with Crippen LogP contribution in [0.3, 0.4) is 0 Å². The number of aromatic nitrogens is 2. The number of ether oxygens (including phenoxy) is 1. The van der Waals surface area contributed by atoms with Gasteiger partial charge in [0.25, 0.3) is 5.56 Å². The molecular weight excluding hydrogens is 434 g/mol. The Morgan fingerprint density at radius 3 is 2.16 bits per heavy atom. The lowest BCUT2D eigenvalue weighted by Crippen LogP contribution is -2.26. The Labute approximate surface area is 190 Å². The second kappa shape index (κ2) is 12.2. The summed E-state index contributed by atoms with van der Waals surface area (Å²) in [5, 5.41) is 0.714. The number of amides is 2. The molecule has 2 heterocycles. The summed E-state index contributed by atoms with van der Waals surface area (Å²) in [6.07, 6.45) is 5.13. The van der Waals surface area contributed by atoms with Gasteiger partial charge in [0, 0.05) is 28.8 Å². The number of hydrogen-bond donors (Lipinski definition) is 2. The van der Waals surface area contributed by atoms with Crippen LogP contribution in [0.15, 0.2) is 71.9 Å². The van der Waals surface area contributed by atoms with Crippen molar-refractivity contribution in [3.05, 3.63) is 88.1 Å². The number of carbonyl (C=O) groups is 2. The van der Waals surface area contributed by atoms with Gasteiger partial charge in [0.2, 0.25) is 12.8 Å². The third-order valence-corrected chi connectivity index (χ3v) is 4.90. The van der Waals surface area contributed by atoms with Gasteiger partial charge >= 0.3 is 0 Å². The standard InChI is InChI=1S/C20H18ClN3O2.2CH3NO/c1-14-20(24(13-26-14)18-8-4-16(21)5-9-18)15-2-6-17(7-3-15)23-11-10-22-12-19(23)25;2*2-1-3/h2-12,14,20H,13H2,1H3;2*1H,(H2,2,3)/t14-,20-;;/m0../s1. The monoisotopic (exact) mass is 457 g/mol. The minimum absolute atomic E-state index is 0.0557. The lowest BCUT2D eigenvalue weighted by molar-refractivity contribution is -0.107. The molecule has 1 aliphatic rings. The number of benzene rings is 2. The Kier molecular flexibility index (Phi) is 9.40. The van der Waals surface area contributed by atoms with Gasteiger partial charge in [-0.25, -0.2) is 0 Å². The van der Waals surface area contributed by atoms with Crippen LogP contribution in [-0.4, -0.2) is 35.2 Å². The fourth-order valence-electron chi connectivity index (χ4n) is 3.33. The summed E-state index contributed by atoms with van der Waals surface area (Å²) in [7, 11) is 0. The molecule has 168 valence electrons. The maximum absolute atomic E-state index is 11.9. The van der Waals surface area contributed by atoms with E-state index in [9.17, 15) is 4.79 Å². The SMILES string of the molecule is C[C@@H]1OCN(c2ccc(Cl)cc2)[C@@H]1c1ccc(-n2ccncc2=O)cc1.NC=O.NC=O. The van der Waals surface area contributed by atoms with E-state index < -0.39 is 0 Å². The maximum Gasteiger partial charge on any atom is 0.273 e. The summed E-state index contributed by atoms with van der Waals surface area (Å²) in [5.74, 6) is 0. The number of halogens is 1. The molecule has 0 unspecified atom stereocenters. The van der Waals surface area contributed by atoms with Gasteiger partial charge in [-0.2, -0.15) is 0 Å². The van der Waals surface area contributed by atoms with E-state index in [2.05, 4.69) is 28.3 Å². The smallest absolute Gasteiger partial charge is 0.273 e. The maximum atomic E-state index is 11.9. The zero-order valence-electron chi connectivity index (χ0n) is 17.4. The molecule has 3 aromatic rings. The summed E-state index contributed by atoms with van der Waals surface area (Å²) < 4.78 is 7.45. The molecule has 0 spiro atoms. The van der Waals surface area contributed by atoms with Crippen molar-refractivity contribution >= 4 is 30.1 Å². The summed E-state index contributed by atoms with van der Waals surface area (Å²) in [4.78, 5) is 35.2. The topological polar surface area (TPSA) is 134 Å². The molecule has 1 aliphatic heterocycles. The third-order valence-electron chi connectivity index (χ3n) is 4.65. The lowest BCUT2D eigenvalue weighted by Gasteiger charge is -2.27. The van der Waals surface area contributed by atoms with Crippen LogP contribution >= 0.6 is 11.6 Å². The van der Waals surface area contributed by atoms with Crippen molar-refractivity contribution in [1.82, 2.24) is 9.55 Å². The normalized spacial score (nSPS) is 16.8. The first-order chi connectivity index (χ1) is 15.5. The number of anilines is 1. The molecule has 0 radical (unpaired) electrons. The summed E-state index contributed by atoms with van der Waals surface area (Å²) in [6, 6.07) is 15.8. The Balaban J connectivity index is 0.000000547. The number of carbonyl (C=O) groups excluding carboxylic acids is 2. The third kappa shape index (κ3) is 6.16. The minimum Gasteiger partial charge on any atom is -0.372 e. The van der Waals surface area contributed by atoms with E-state index in [4.69, 9.17) is 25.9 Å². The van der Waals surface area contributed by atoms with Gasteiger partial charge in [0.15, 0.2) is 0 Å². The molecular formula is C22H24ClN5O4. The number of nitrogens with zero attached hydrogens (tertiary/aromatic N) is 3. The van der Waals surface area contributed by atoms with E-state index >= 15 is 0 Å². The van der Waals surface area contributed by atoms with Crippen molar-refractivity contribution in [2.24, 2.45) is 11.5 Å². The highest BCUT2D eigenvalue weighted by Crippen LogP contribution is 2.36. The first-order valence-corrected chi connectivity index (χ1v) is 9.92. The van der Waals surface area contributed by atoms with Crippen molar-refractivity contribution in [1.29, 1.82) is 0 Å². The largest absolute Gasteiger partial charge is 0.372 e. The highest BCUT2D eigenvalue weighted by molar-refractivity contribution is 6.30. The van der Waals surface area contributed by atoms with Crippen LogP contribution in [-0.2, 0) is 14.3 Å². The molecule has 0 aliphatic carbocycles. The summed E-state index contributed by atoms with van der Waals surface area (Å²) in [5.41, 5.74) is 11.2. The van der Waals surface area contributed by atoms with Crippen LogP contribution < -0.4 is 21.9 Å². The zero-order chi connectivity index (χ0) is 23.5. The Morgan fingerprint density at radius 2 is 1.59 bits per heavy atom. The highest BCUT2D eigenvalue weighted by atomic mass is 35.5. The fraction of sp³-hybridized carbons (Fsp3) is 0.182. The number of hydrogen-bond acceptors (Lipinski definition) is 6. The second-order valence-corrected chi connectivity index (χ2v) is 6.98. The molecule has 2 amide bonds. The molecule has 32 heavy (non-hydrogen) atoms. The molecule has 2 aromatic carbocycles. The molecule has 1 fully saturated rings. The van der Waals surface area contributed by atoms with E-state index in [-0.39, 0.29) is 30.5 Å². The van der Waals surface area contributed by atoms with Gasteiger partial charge in [-0.15, -0.1) is 0 Å². The van der Waals surface area contributed by atoms with Crippen LogP contribution in [0.1, 0.15) is 18.5 Å². The Morgan fingerprint density at radius 1 is 1.03 bits per heavy atom. The first-order valence-electron chi connectivity index (χ1n) is 9.54. The lowest BCUT2D eigenvalue weighted by atomic mass is 10.0. The van der Waals surface area contributed by atoms with Gasteiger partial charge in [-0.3, -0.25) is 23.9 Å². The van der Waals surface area contributed by atoms with Crippen LogP contribution in [0.4, 0.5) is 5.69 Å². The average molecular weight is 458 g/mol. The van der Waals surface area contributed by atoms with E-state index in [1.807, 2.05) is 48.5 Å². The highest BCUT2D eigenvalue weighted by Gasteiger charge is 2.33. The van der Waals surface area contributed by atoms with E-state index in [0.29, 0.717) is 11.8 Å². The van der Waals surface area contributed by atoms with Crippen LogP contribution in [0.25, 0.3) is 5.69 Å². The average Bonchev–Trinajstić information content (AvgIpc) is 3.17. The molecule has 9 nitrogen and oxygen atoms in total. The van der Waals surface area contributed by atoms with Crippen molar-refractivity contribution in [2.45, 2.75) is 19.1 Å². The van der Waals surface area contributed by atoms with Gasteiger partial charge in [-0.1, -0.05) is 23.7 Å². The molecule has 4 rings (SSSR count). The van der Waals surface area contributed by atoms with Gasteiger partial charge in [0.1, 0.15) is 6.73 Å². The molecule has 1 saturated heterocycles. The first kappa shape index (κ1) is 24.6. The zero-order valence-corrected chi connectivity index (χ0v) is 18.1. The van der Waals surface area contributed by atoms with Gasteiger partial charge < -0.3 is 21.1 Å². The van der Waals surface area contributed by atoms with E-state index in [0.717, 1.165) is 16.9 Å². The number of primary amides is 2. The van der Waals surface area contributed by atoms with Crippen LogP contribution in [0.5, 0.6) is 0 Å². The molecule has 4 N–H and O–H groups in total. The van der Waals surface area contributed by atoms with Gasteiger partial charge in [-0.05, 0) is 48.9 Å². The van der Waals surface area contributed by atoms with E-state index in [1.54, 1.807) is 17.0 Å². The van der Waals surface area contributed by atoms with Gasteiger partial charge in [0.05, 0.1) is 18.3 Å². The Bertz CT molecular complexity index is 1050. The minimum atomic E-state index is -0.152. The van der Waals surface area contributed by atoms with Crippen LogP contribution in [0.2, 0.25) is 5.02 Å². The second-order valence-electron chi connectivity index (χ2n) is 6.54. The molecule has 1 aromatic heterocycles. The molecule has 2 atom stereocenters. The number of rotatable bonds is 3. The summed E-state index contributed by atoms with van der Waals surface area (Å²) >= 11 is 6.01. The van der Waals surface area contributed by atoms with Crippen molar-refractivity contribution < 1.29 is 14.3 Å². The van der Waals surface area contributed by atoms with Crippen molar-refractivity contribution in [2.75, 3.05) is 11.6 Å². The van der Waals surface area contributed by atoms with E-state index in [1.165, 1.54) is 6.20 Å². The van der Waals surface area contributed by atoms with Crippen molar-refractivity contribution in [3.63, 3.8) is 0 Å². The quantitative estimate of drug-likeness (QED) is 0.578. The molecule has 0 saturated carbocycles. The molecule has 0 bridgehead atoms. The number of nitrogens with two attached hydrogens (primary N) is 2. The predicted molar refractivity (Wildman–Crippen MR) is 122 cm³/mol. The predicted octanol–water partition coefficient (Wildman–Crippen LogP) is 2.01. The van der Waals surface area contributed by atoms with Crippen molar-refractivity contribution in [3.8, 4) is 5.69 Å². The Hall–Kier alpha value is -3.69. The van der Waals surface area contributed by atoms with Crippen LogP contribution in [0, 0.1) is 0 Å². The fourth-order valence-corrected chi connectivity index (χ4v) is 3.46. The summed E-state index contributed by atoms with van der Waals surface area (Å²) in [6.45, 7) is 2.60.